The van der Waals surface area contributed by atoms with Gasteiger partial charge in [-0.25, -0.2) is 4.79 Å². The molecule has 1 aromatic rings. The molecule has 6 heteroatoms. The number of hydrogen-bond donors (Lipinski definition) is 1. The van der Waals surface area contributed by atoms with Crippen LogP contribution in [0.25, 0.3) is 0 Å². The van der Waals surface area contributed by atoms with Gasteiger partial charge < -0.3 is 20.0 Å². The average molecular weight is 332 g/mol. The first-order valence-corrected chi connectivity index (χ1v) is 8.62. The van der Waals surface area contributed by atoms with E-state index in [2.05, 4.69) is 5.32 Å². The number of urea groups is 1. The number of amides is 3. The Morgan fingerprint density at radius 2 is 1.83 bits per heavy atom. The first-order valence-electron chi connectivity index (χ1n) is 8.62. The third-order valence-corrected chi connectivity index (χ3v) is 4.21. The molecule has 1 fully saturated rings. The summed E-state index contributed by atoms with van der Waals surface area (Å²) in [4.78, 5) is 30.5. The molecule has 6 nitrogen and oxygen atoms in total. The van der Waals surface area contributed by atoms with Crippen LogP contribution in [-0.4, -0.2) is 68.6 Å². The van der Waals surface area contributed by atoms with Crippen LogP contribution in [0.4, 0.5) is 10.5 Å². The summed E-state index contributed by atoms with van der Waals surface area (Å²) in [5.41, 5.74) is 1.71. The maximum atomic E-state index is 12.8. The molecule has 0 saturated carbocycles. The summed E-state index contributed by atoms with van der Waals surface area (Å²) in [5, 5.41) is 2.90. The minimum Gasteiger partial charge on any atom is -0.378 e. The van der Waals surface area contributed by atoms with Gasteiger partial charge >= 0.3 is 6.03 Å². The van der Waals surface area contributed by atoms with Crippen LogP contribution >= 0.6 is 0 Å². The van der Waals surface area contributed by atoms with Crippen molar-refractivity contribution in [2.45, 2.75) is 19.8 Å². The zero-order valence-corrected chi connectivity index (χ0v) is 14.9. The lowest BCUT2D eigenvalue weighted by Gasteiger charge is -2.23. The van der Waals surface area contributed by atoms with Crippen LogP contribution in [0, 0.1) is 0 Å². The summed E-state index contributed by atoms with van der Waals surface area (Å²) in [7, 11) is 3.92. The van der Waals surface area contributed by atoms with Crippen molar-refractivity contribution in [1.82, 2.24) is 15.1 Å². The normalized spacial score (nSPS) is 15.0. The van der Waals surface area contributed by atoms with Gasteiger partial charge in [0, 0.05) is 58.1 Å². The van der Waals surface area contributed by atoms with Crippen molar-refractivity contribution in [1.29, 1.82) is 0 Å². The van der Waals surface area contributed by atoms with Crippen molar-refractivity contribution in [3.05, 3.63) is 29.8 Å². The third-order valence-electron chi connectivity index (χ3n) is 4.21. The lowest BCUT2D eigenvalue weighted by atomic mass is 10.1. The molecular weight excluding hydrogens is 304 g/mol. The van der Waals surface area contributed by atoms with Gasteiger partial charge in [-0.2, -0.15) is 0 Å². The van der Waals surface area contributed by atoms with Crippen molar-refractivity contribution in [3.63, 3.8) is 0 Å². The number of carbonyl (C=O) groups excluding carboxylic acids is 2. The van der Waals surface area contributed by atoms with Crippen LogP contribution in [0.1, 0.15) is 30.1 Å². The Bertz CT molecular complexity index is 574. The van der Waals surface area contributed by atoms with Crippen LogP contribution in [0.15, 0.2) is 24.3 Å². The number of hydrogen-bond acceptors (Lipinski definition) is 3. The highest BCUT2D eigenvalue weighted by molar-refractivity contribution is 5.95. The van der Waals surface area contributed by atoms with Crippen molar-refractivity contribution in [3.8, 4) is 0 Å². The maximum Gasteiger partial charge on any atom is 0.317 e. The van der Waals surface area contributed by atoms with E-state index in [-0.39, 0.29) is 11.9 Å². The molecule has 0 radical (unpaired) electrons. The molecule has 1 aliphatic heterocycles. The highest BCUT2D eigenvalue weighted by atomic mass is 16.2. The largest absolute Gasteiger partial charge is 0.378 e. The smallest absolute Gasteiger partial charge is 0.317 e. The molecular formula is C18H28N4O2. The van der Waals surface area contributed by atoms with E-state index in [1.54, 1.807) is 4.90 Å². The summed E-state index contributed by atoms with van der Waals surface area (Å²) in [6, 6.07) is 7.63. The van der Waals surface area contributed by atoms with Gasteiger partial charge in [0.1, 0.15) is 0 Å². The predicted molar refractivity (Wildman–Crippen MR) is 96.6 cm³/mol. The molecule has 0 unspecified atom stereocenters. The average Bonchev–Trinajstić information content (AvgIpc) is 2.85. The second-order valence-corrected chi connectivity index (χ2v) is 6.31. The van der Waals surface area contributed by atoms with Crippen LogP contribution in [0.5, 0.6) is 0 Å². The summed E-state index contributed by atoms with van der Waals surface area (Å²) in [5.74, 6) is 0.0366. The predicted octanol–water partition coefficient (Wildman–Crippen LogP) is 2.02. The van der Waals surface area contributed by atoms with Crippen molar-refractivity contribution < 1.29 is 9.59 Å². The van der Waals surface area contributed by atoms with E-state index in [1.807, 2.05) is 55.1 Å². The number of nitrogens with one attached hydrogen (secondary N) is 1. The van der Waals surface area contributed by atoms with Gasteiger partial charge in [0.2, 0.25) is 0 Å². The van der Waals surface area contributed by atoms with Crippen molar-refractivity contribution >= 4 is 17.6 Å². The fourth-order valence-electron chi connectivity index (χ4n) is 2.77. The maximum absolute atomic E-state index is 12.8. The van der Waals surface area contributed by atoms with E-state index in [1.165, 1.54) is 0 Å². The van der Waals surface area contributed by atoms with Gasteiger partial charge in [-0.15, -0.1) is 0 Å². The van der Waals surface area contributed by atoms with Gasteiger partial charge in [0.15, 0.2) is 0 Å². The molecule has 0 atom stereocenters. The summed E-state index contributed by atoms with van der Waals surface area (Å²) in [6.07, 6.45) is 1.73. The molecule has 0 bridgehead atoms. The zero-order valence-electron chi connectivity index (χ0n) is 14.9. The van der Waals surface area contributed by atoms with E-state index >= 15 is 0 Å². The molecule has 1 aromatic carbocycles. The molecule has 0 spiro atoms. The molecule has 1 aliphatic rings. The van der Waals surface area contributed by atoms with Crippen LogP contribution in [0.2, 0.25) is 0 Å². The minimum absolute atomic E-state index is 0.0271. The molecule has 1 saturated heterocycles. The molecule has 1 heterocycles. The highest BCUT2D eigenvalue weighted by Gasteiger charge is 2.22. The fourth-order valence-corrected chi connectivity index (χ4v) is 2.77. The lowest BCUT2D eigenvalue weighted by Crippen LogP contribution is -2.42. The number of benzene rings is 1. The quantitative estimate of drug-likeness (QED) is 0.918. The summed E-state index contributed by atoms with van der Waals surface area (Å²) < 4.78 is 0. The Kier molecular flexibility index (Phi) is 6.46. The molecule has 3 amide bonds. The first kappa shape index (κ1) is 18.1. The third kappa shape index (κ3) is 4.63. The van der Waals surface area contributed by atoms with Gasteiger partial charge in [0.25, 0.3) is 5.91 Å². The van der Waals surface area contributed by atoms with E-state index in [0.29, 0.717) is 38.3 Å². The monoisotopic (exact) mass is 332 g/mol. The van der Waals surface area contributed by atoms with E-state index in [9.17, 15) is 9.59 Å². The zero-order chi connectivity index (χ0) is 17.5. The number of nitrogens with zero attached hydrogens (tertiary/aromatic N) is 3. The number of carbonyl (C=O) groups is 2. The Morgan fingerprint density at radius 3 is 2.54 bits per heavy atom. The second kappa shape index (κ2) is 8.57. The van der Waals surface area contributed by atoms with E-state index in [4.69, 9.17) is 0 Å². The van der Waals surface area contributed by atoms with Gasteiger partial charge in [-0.05, 0) is 31.0 Å². The molecule has 24 heavy (non-hydrogen) atoms. The second-order valence-electron chi connectivity index (χ2n) is 6.31. The Morgan fingerprint density at radius 1 is 1.12 bits per heavy atom. The summed E-state index contributed by atoms with van der Waals surface area (Å²) >= 11 is 0. The van der Waals surface area contributed by atoms with Crippen molar-refractivity contribution in [2.75, 3.05) is 51.7 Å². The fraction of sp³-hybridized carbons (Fsp3) is 0.556. The van der Waals surface area contributed by atoms with Crippen molar-refractivity contribution in [2.24, 2.45) is 0 Å². The van der Waals surface area contributed by atoms with E-state index in [0.717, 1.165) is 18.5 Å². The van der Waals surface area contributed by atoms with Crippen LogP contribution in [-0.2, 0) is 0 Å². The van der Waals surface area contributed by atoms with Crippen LogP contribution < -0.4 is 10.2 Å². The van der Waals surface area contributed by atoms with E-state index < -0.39 is 0 Å². The SMILES string of the molecule is CCCNC(=O)N1CCCN(C(=O)c2cccc(N(C)C)c2)CC1. The molecule has 2 rings (SSSR count). The van der Waals surface area contributed by atoms with Gasteiger partial charge in [0.05, 0.1) is 0 Å². The Labute approximate surface area is 144 Å². The molecule has 0 aromatic heterocycles. The topological polar surface area (TPSA) is 55.9 Å². The number of rotatable bonds is 4. The Balaban J connectivity index is 1.99. The minimum atomic E-state index is -0.0271. The van der Waals surface area contributed by atoms with Crippen LogP contribution in [0.3, 0.4) is 0 Å². The molecule has 0 aliphatic carbocycles. The summed E-state index contributed by atoms with van der Waals surface area (Å²) in [6.45, 7) is 5.25. The van der Waals surface area contributed by atoms with Gasteiger partial charge in [-0.3, -0.25) is 4.79 Å². The molecule has 132 valence electrons. The standard InChI is InChI=1S/C18H28N4O2/c1-4-9-19-18(24)22-11-6-10-21(12-13-22)17(23)15-7-5-8-16(14-15)20(2)3/h5,7-8,14H,4,6,9-13H2,1-3H3,(H,19,24). The first-order chi connectivity index (χ1) is 11.5. The molecule has 1 N–H and O–H groups in total. The number of anilines is 1. The van der Waals surface area contributed by atoms with Gasteiger partial charge in [-0.1, -0.05) is 13.0 Å². The lowest BCUT2D eigenvalue weighted by molar-refractivity contribution is 0.0762. The highest BCUT2D eigenvalue weighted by Crippen LogP contribution is 2.16. The Hall–Kier alpha value is -2.24.